The van der Waals surface area contributed by atoms with Gasteiger partial charge in [-0.25, -0.2) is 0 Å². The molecule has 8 heteroatoms. The van der Waals surface area contributed by atoms with Crippen molar-refractivity contribution >= 4 is 28.3 Å². The van der Waals surface area contributed by atoms with Crippen molar-refractivity contribution in [3.8, 4) is 11.5 Å². The molecule has 0 radical (unpaired) electrons. The average molecular weight is 413 g/mol. The molecule has 0 aromatic heterocycles. The first kappa shape index (κ1) is 19.6. The first-order chi connectivity index (χ1) is 14.4. The summed E-state index contributed by atoms with van der Waals surface area (Å²) in [6.45, 7) is -2.84. The molecule has 0 fully saturated rings. The van der Waals surface area contributed by atoms with Crippen LogP contribution in [0.2, 0.25) is 0 Å². The summed E-state index contributed by atoms with van der Waals surface area (Å²) in [6.07, 6.45) is -0.124. The fourth-order valence-corrected chi connectivity index (χ4v) is 3.75. The topological polar surface area (TPSA) is 76.1 Å². The number of carbonyl (C=O) groups excluding carboxylic acids is 1. The molecule has 1 N–H and O–H groups in total. The number of fused-ring (bicyclic) bond motifs is 3. The van der Waals surface area contributed by atoms with Gasteiger partial charge in [-0.3, -0.25) is 9.59 Å². The third kappa shape index (κ3) is 3.41. The van der Waals surface area contributed by atoms with Crippen molar-refractivity contribution < 1.29 is 33.0 Å². The zero-order chi connectivity index (χ0) is 21.4. The van der Waals surface area contributed by atoms with Gasteiger partial charge in [-0.1, -0.05) is 24.3 Å². The number of rotatable bonds is 6. The van der Waals surface area contributed by atoms with Crippen molar-refractivity contribution in [1.29, 1.82) is 0 Å². The second kappa shape index (κ2) is 7.62. The Labute approximate surface area is 170 Å². The molecule has 1 aliphatic heterocycles. The number of amides is 1. The van der Waals surface area contributed by atoms with E-state index in [-0.39, 0.29) is 30.2 Å². The Morgan fingerprint density at radius 2 is 1.90 bits per heavy atom. The number of benzene rings is 3. The Bertz CT molecular complexity index is 1140. The number of alkyl halides is 2. The smallest absolute Gasteiger partial charge is 0.387 e. The number of nitrogens with zero attached hydrogens (tertiary/aromatic N) is 1. The summed E-state index contributed by atoms with van der Waals surface area (Å²) in [7, 11) is 1.48. The van der Waals surface area contributed by atoms with Gasteiger partial charge in [0.1, 0.15) is 11.5 Å². The summed E-state index contributed by atoms with van der Waals surface area (Å²) in [5.41, 5.74) is 2.00. The predicted octanol–water partition coefficient (Wildman–Crippen LogP) is 4.24. The maximum absolute atomic E-state index is 13.3. The van der Waals surface area contributed by atoms with E-state index in [4.69, 9.17) is 9.84 Å². The number of carbonyl (C=O) groups is 2. The molecule has 0 saturated carbocycles. The second-order valence-corrected chi connectivity index (χ2v) is 6.79. The van der Waals surface area contributed by atoms with Crippen LogP contribution in [0.15, 0.2) is 48.5 Å². The van der Waals surface area contributed by atoms with Gasteiger partial charge in [0.25, 0.3) is 5.91 Å². The zero-order valence-corrected chi connectivity index (χ0v) is 15.9. The molecule has 3 aromatic carbocycles. The number of methoxy groups -OCH3 is 1. The molecule has 1 aliphatic rings. The molecular formula is C22H17F2NO5. The van der Waals surface area contributed by atoms with E-state index in [0.717, 1.165) is 0 Å². The van der Waals surface area contributed by atoms with Gasteiger partial charge in [0, 0.05) is 16.6 Å². The van der Waals surface area contributed by atoms with Crippen LogP contribution in [0.1, 0.15) is 21.5 Å². The minimum atomic E-state index is -3.03. The second-order valence-electron chi connectivity index (χ2n) is 6.79. The SMILES string of the molecule is COc1cc2cccc(OC(F)F)c2c2c1CN(c1ccc(CC(=O)O)cc1)C2=O. The minimum Gasteiger partial charge on any atom is -0.496 e. The third-order valence-electron chi connectivity index (χ3n) is 5.01. The van der Waals surface area contributed by atoms with E-state index in [9.17, 15) is 18.4 Å². The number of anilines is 1. The lowest BCUT2D eigenvalue weighted by atomic mass is 9.98. The van der Waals surface area contributed by atoms with Gasteiger partial charge in [0.2, 0.25) is 0 Å². The number of halogens is 2. The van der Waals surface area contributed by atoms with E-state index in [1.54, 1.807) is 42.5 Å². The van der Waals surface area contributed by atoms with E-state index >= 15 is 0 Å². The maximum Gasteiger partial charge on any atom is 0.387 e. The van der Waals surface area contributed by atoms with Gasteiger partial charge >= 0.3 is 12.6 Å². The fraction of sp³-hybridized carbons (Fsp3) is 0.182. The fourth-order valence-electron chi connectivity index (χ4n) is 3.75. The van der Waals surface area contributed by atoms with Crippen LogP contribution < -0.4 is 14.4 Å². The third-order valence-corrected chi connectivity index (χ3v) is 5.01. The average Bonchev–Trinajstić information content (AvgIpc) is 3.04. The number of carboxylic acids is 1. The number of aliphatic carboxylic acids is 1. The van der Waals surface area contributed by atoms with Gasteiger partial charge < -0.3 is 19.5 Å². The Kier molecular flexibility index (Phi) is 4.99. The van der Waals surface area contributed by atoms with Crippen LogP contribution in [0.5, 0.6) is 11.5 Å². The standard InChI is InChI=1S/C22H17F2NO5/c1-29-17-10-13-3-2-4-16(30-22(23)24)19(13)20-15(17)11-25(21(20)28)14-7-5-12(6-8-14)9-18(26)27/h2-8,10,22H,9,11H2,1H3,(H,26,27). The van der Waals surface area contributed by atoms with Crippen LogP contribution in [0.4, 0.5) is 14.5 Å². The predicted molar refractivity (Wildman–Crippen MR) is 105 cm³/mol. The number of hydrogen-bond donors (Lipinski definition) is 1. The lowest BCUT2D eigenvalue weighted by molar-refractivity contribution is -0.136. The molecular weight excluding hydrogens is 396 g/mol. The van der Waals surface area contributed by atoms with Crippen molar-refractivity contribution in [3.05, 3.63) is 65.2 Å². The molecule has 6 nitrogen and oxygen atoms in total. The summed E-state index contributed by atoms with van der Waals surface area (Å²) < 4.78 is 36.0. The molecule has 30 heavy (non-hydrogen) atoms. The monoisotopic (exact) mass is 413 g/mol. The first-order valence-corrected chi connectivity index (χ1v) is 9.09. The molecule has 154 valence electrons. The van der Waals surface area contributed by atoms with Crippen LogP contribution in [0.25, 0.3) is 10.8 Å². The molecule has 0 aliphatic carbocycles. The zero-order valence-electron chi connectivity index (χ0n) is 15.9. The molecule has 4 rings (SSSR count). The molecule has 1 heterocycles. The van der Waals surface area contributed by atoms with Crippen LogP contribution in [-0.4, -0.2) is 30.7 Å². The van der Waals surface area contributed by atoms with Crippen molar-refractivity contribution in [1.82, 2.24) is 0 Å². The van der Waals surface area contributed by atoms with Crippen molar-refractivity contribution in [2.45, 2.75) is 19.6 Å². The Morgan fingerprint density at radius 1 is 1.17 bits per heavy atom. The lowest BCUT2D eigenvalue weighted by Gasteiger charge is -2.16. The van der Waals surface area contributed by atoms with E-state index in [1.807, 2.05) is 0 Å². The Balaban J connectivity index is 1.81. The molecule has 0 spiro atoms. The largest absolute Gasteiger partial charge is 0.496 e. The van der Waals surface area contributed by atoms with E-state index in [2.05, 4.69) is 4.74 Å². The highest BCUT2D eigenvalue weighted by Crippen LogP contribution is 2.42. The number of carboxylic acid groups (broad SMARTS) is 1. The highest BCUT2D eigenvalue weighted by atomic mass is 19.3. The van der Waals surface area contributed by atoms with Gasteiger partial charge in [0.15, 0.2) is 0 Å². The summed E-state index contributed by atoms with van der Waals surface area (Å²) in [5.74, 6) is -0.918. The van der Waals surface area contributed by atoms with Crippen LogP contribution >= 0.6 is 0 Å². The summed E-state index contributed by atoms with van der Waals surface area (Å²) in [6, 6.07) is 13.0. The van der Waals surface area contributed by atoms with E-state index in [1.165, 1.54) is 18.1 Å². The molecule has 0 unspecified atom stereocenters. The Hall–Kier alpha value is -3.68. The van der Waals surface area contributed by atoms with Gasteiger partial charge in [0.05, 0.1) is 25.6 Å². The van der Waals surface area contributed by atoms with Crippen molar-refractivity contribution in [2.75, 3.05) is 12.0 Å². The van der Waals surface area contributed by atoms with E-state index in [0.29, 0.717) is 33.3 Å². The highest BCUT2D eigenvalue weighted by Gasteiger charge is 2.34. The highest BCUT2D eigenvalue weighted by molar-refractivity contribution is 6.19. The maximum atomic E-state index is 13.3. The van der Waals surface area contributed by atoms with Crippen LogP contribution in [0.3, 0.4) is 0 Å². The Morgan fingerprint density at radius 3 is 2.53 bits per heavy atom. The van der Waals surface area contributed by atoms with Crippen LogP contribution in [0, 0.1) is 0 Å². The first-order valence-electron chi connectivity index (χ1n) is 9.09. The molecule has 0 bridgehead atoms. The number of hydrogen-bond acceptors (Lipinski definition) is 4. The molecule has 3 aromatic rings. The van der Waals surface area contributed by atoms with Gasteiger partial charge in [-0.15, -0.1) is 0 Å². The van der Waals surface area contributed by atoms with E-state index < -0.39 is 12.6 Å². The van der Waals surface area contributed by atoms with Crippen molar-refractivity contribution in [3.63, 3.8) is 0 Å². The molecule has 1 amide bonds. The van der Waals surface area contributed by atoms with Gasteiger partial charge in [-0.05, 0) is 35.2 Å². The molecule has 0 atom stereocenters. The van der Waals surface area contributed by atoms with Crippen molar-refractivity contribution in [2.24, 2.45) is 0 Å². The molecule has 0 saturated heterocycles. The summed E-state index contributed by atoms with van der Waals surface area (Å²) in [4.78, 5) is 25.7. The van der Waals surface area contributed by atoms with Crippen LogP contribution in [-0.2, 0) is 17.8 Å². The number of ether oxygens (including phenoxy) is 2. The quantitative estimate of drug-likeness (QED) is 0.654. The normalized spacial score (nSPS) is 13.1. The lowest BCUT2D eigenvalue weighted by Crippen LogP contribution is -2.23. The minimum absolute atomic E-state index is 0.0755. The summed E-state index contributed by atoms with van der Waals surface area (Å²) >= 11 is 0. The summed E-state index contributed by atoms with van der Waals surface area (Å²) in [5, 5.41) is 9.77. The van der Waals surface area contributed by atoms with Gasteiger partial charge in [-0.2, -0.15) is 8.78 Å².